The minimum Gasteiger partial charge on any atom is -0.467 e. The number of hydrogen-bond donors (Lipinski definition) is 1. The molecule has 1 aliphatic rings. The summed E-state index contributed by atoms with van der Waals surface area (Å²) < 4.78 is 15.7. The molecule has 1 atom stereocenters. The molecule has 0 aliphatic heterocycles. The molecule has 0 aromatic heterocycles. The summed E-state index contributed by atoms with van der Waals surface area (Å²) in [4.78, 5) is 24.4. The molecule has 31 heavy (non-hydrogen) atoms. The zero-order chi connectivity index (χ0) is 22.1. The highest BCUT2D eigenvalue weighted by molar-refractivity contribution is 5.98. The Kier molecular flexibility index (Phi) is 8.47. The van der Waals surface area contributed by atoms with E-state index in [0.717, 1.165) is 32.2 Å². The fourth-order valence-corrected chi connectivity index (χ4v) is 3.81. The van der Waals surface area contributed by atoms with Crippen molar-refractivity contribution in [3.05, 3.63) is 65.2 Å². The maximum atomic E-state index is 12.2. The van der Waals surface area contributed by atoms with Crippen molar-refractivity contribution in [1.29, 1.82) is 0 Å². The van der Waals surface area contributed by atoms with Gasteiger partial charge in [-0.15, -0.1) is 0 Å². The molecule has 2 aromatic carbocycles. The largest absolute Gasteiger partial charge is 0.467 e. The van der Waals surface area contributed by atoms with Gasteiger partial charge in [0.25, 0.3) is 6.10 Å². The number of aryl methyl sites for hydroxylation is 1. The van der Waals surface area contributed by atoms with Crippen LogP contribution < -0.4 is 10.1 Å². The Hall–Kier alpha value is -2.86. The number of benzene rings is 2. The van der Waals surface area contributed by atoms with Crippen LogP contribution in [-0.4, -0.2) is 37.3 Å². The van der Waals surface area contributed by atoms with Gasteiger partial charge in [0.1, 0.15) is 5.75 Å². The van der Waals surface area contributed by atoms with Crippen LogP contribution in [0.1, 0.15) is 43.4 Å². The van der Waals surface area contributed by atoms with Gasteiger partial charge in [0.05, 0.1) is 13.2 Å². The number of fused-ring (bicyclic) bond motifs is 1. The van der Waals surface area contributed by atoms with Crippen LogP contribution in [0.4, 0.5) is 0 Å². The minimum absolute atomic E-state index is 0.166. The molecule has 3 rings (SSSR count). The van der Waals surface area contributed by atoms with Crippen molar-refractivity contribution in [3.63, 3.8) is 0 Å². The third kappa shape index (κ3) is 6.56. The number of rotatable bonds is 9. The molecule has 0 heterocycles. The summed E-state index contributed by atoms with van der Waals surface area (Å²) in [6.07, 6.45) is 2.60. The van der Waals surface area contributed by atoms with E-state index in [1.807, 2.05) is 24.3 Å². The Labute approximate surface area is 183 Å². The Bertz CT molecular complexity index is 849. The van der Waals surface area contributed by atoms with E-state index in [1.54, 1.807) is 13.8 Å². The van der Waals surface area contributed by atoms with Gasteiger partial charge in [-0.1, -0.05) is 36.4 Å². The number of ether oxygens (including phenoxy) is 3. The maximum Gasteiger partial charge on any atom is 0.359 e. The second kappa shape index (κ2) is 11.5. The molecule has 166 valence electrons. The smallest absolute Gasteiger partial charge is 0.359 e. The monoisotopic (exact) mass is 425 g/mol. The van der Waals surface area contributed by atoms with Crippen LogP contribution >= 0.6 is 0 Å². The lowest BCUT2D eigenvalue weighted by Gasteiger charge is -2.19. The molecule has 0 radical (unpaired) electrons. The van der Waals surface area contributed by atoms with Crippen molar-refractivity contribution in [2.75, 3.05) is 13.2 Å². The summed E-state index contributed by atoms with van der Waals surface area (Å²) in [5, 5.41) is 3.67. The summed E-state index contributed by atoms with van der Waals surface area (Å²) in [5.74, 6) is -0.998. The second-order valence-corrected chi connectivity index (χ2v) is 7.59. The molecule has 1 unspecified atom stereocenters. The van der Waals surface area contributed by atoms with Gasteiger partial charge in [-0.2, -0.15) is 0 Å². The van der Waals surface area contributed by atoms with E-state index in [-0.39, 0.29) is 13.2 Å². The minimum atomic E-state index is -1.41. The first-order chi connectivity index (χ1) is 15.1. The number of esters is 2. The molecule has 6 nitrogen and oxygen atoms in total. The lowest BCUT2D eigenvalue weighted by molar-refractivity contribution is -0.166. The molecule has 2 aromatic rings. The summed E-state index contributed by atoms with van der Waals surface area (Å²) >= 11 is 0. The van der Waals surface area contributed by atoms with Gasteiger partial charge >= 0.3 is 11.9 Å². The van der Waals surface area contributed by atoms with E-state index in [2.05, 4.69) is 29.6 Å². The topological polar surface area (TPSA) is 73.9 Å². The fraction of sp³-hybridized carbons (Fsp3) is 0.440. The molecule has 0 bridgehead atoms. The van der Waals surface area contributed by atoms with E-state index >= 15 is 0 Å². The van der Waals surface area contributed by atoms with Gasteiger partial charge in [-0.05, 0) is 68.4 Å². The molecule has 0 saturated carbocycles. The normalized spacial score (nSPS) is 15.6. The first kappa shape index (κ1) is 22.8. The molecule has 0 amide bonds. The van der Waals surface area contributed by atoms with Crippen molar-refractivity contribution in [3.8, 4) is 5.75 Å². The van der Waals surface area contributed by atoms with Crippen LogP contribution in [0.3, 0.4) is 0 Å². The number of nitrogens with one attached hydrogen (secondary N) is 1. The lowest BCUT2D eigenvalue weighted by atomic mass is 10.0. The lowest BCUT2D eigenvalue weighted by Crippen LogP contribution is -2.38. The summed E-state index contributed by atoms with van der Waals surface area (Å²) in [6, 6.07) is 16.6. The van der Waals surface area contributed by atoms with Gasteiger partial charge in [0.2, 0.25) is 0 Å². The zero-order valence-corrected chi connectivity index (χ0v) is 18.3. The van der Waals surface area contributed by atoms with Crippen LogP contribution in [0, 0.1) is 0 Å². The van der Waals surface area contributed by atoms with Gasteiger partial charge in [-0.25, -0.2) is 9.59 Å². The maximum absolute atomic E-state index is 12.2. The van der Waals surface area contributed by atoms with Gasteiger partial charge < -0.3 is 19.5 Å². The van der Waals surface area contributed by atoms with Crippen molar-refractivity contribution in [2.24, 2.45) is 0 Å². The Morgan fingerprint density at radius 1 is 1.00 bits per heavy atom. The first-order valence-corrected chi connectivity index (χ1v) is 11.0. The third-order valence-corrected chi connectivity index (χ3v) is 5.34. The molecule has 6 heteroatoms. The van der Waals surface area contributed by atoms with Crippen molar-refractivity contribution >= 4 is 11.9 Å². The van der Waals surface area contributed by atoms with Crippen LogP contribution in [0.25, 0.3) is 0 Å². The Morgan fingerprint density at radius 3 is 2.39 bits per heavy atom. The highest BCUT2D eigenvalue weighted by atomic mass is 16.6. The first-order valence-electron chi connectivity index (χ1n) is 11.0. The van der Waals surface area contributed by atoms with E-state index < -0.39 is 18.0 Å². The van der Waals surface area contributed by atoms with Crippen molar-refractivity contribution in [2.45, 2.75) is 58.2 Å². The summed E-state index contributed by atoms with van der Waals surface area (Å²) in [7, 11) is 0. The highest BCUT2D eigenvalue weighted by Gasteiger charge is 2.32. The van der Waals surface area contributed by atoms with Gasteiger partial charge in [-0.3, -0.25) is 0 Å². The predicted molar refractivity (Wildman–Crippen MR) is 118 cm³/mol. The Balaban J connectivity index is 1.67. The fourth-order valence-electron chi connectivity index (χ4n) is 3.81. The molecular weight excluding hydrogens is 394 g/mol. The number of hydrogen-bond acceptors (Lipinski definition) is 6. The average molecular weight is 426 g/mol. The van der Waals surface area contributed by atoms with E-state index in [0.29, 0.717) is 11.8 Å². The van der Waals surface area contributed by atoms with Crippen molar-refractivity contribution in [1.82, 2.24) is 5.32 Å². The summed E-state index contributed by atoms with van der Waals surface area (Å²) in [5.41, 5.74) is 3.73. The van der Waals surface area contributed by atoms with Crippen LogP contribution in [0.5, 0.6) is 5.75 Å². The third-order valence-electron chi connectivity index (χ3n) is 5.34. The average Bonchev–Trinajstić information content (AvgIpc) is 2.98. The standard InChI is InChI=1S/C25H31NO5/c1-3-29-24(27)23(25(28)30-4-2)31-22-14-13-20-15-21(12-8-11-19(20)16-22)26-17-18-9-6-5-7-10-18/h5-7,9-10,13-14,16,21,23,26H,3-4,8,11-12,15,17H2,1-2H3. The van der Waals surface area contributed by atoms with Gasteiger partial charge in [0, 0.05) is 12.6 Å². The highest BCUT2D eigenvalue weighted by Crippen LogP contribution is 2.26. The molecule has 0 spiro atoms. The molecular formula is C25H31NO5. The van der Waals surface area contributed by atoms with Crippen LogP contribution in [0.2, 0.25) is 0 Å². The number of carbonyl (C=O) groups excluding carboxylic acids is 2. The summed E-state index contributed by atoms with van der Waals surface area (Å²) in [6.45, 7) is 4.55. The SMILES string of the molecule is CCOC(=O)C(Oc1ccc2c(c1)CCCC(NCc1ccccc1)C2)C(=O)OCC. The number of carbonyl (C=O) groups is 2. The zero-order valence-electron chi connectivity index (χ0n) is 18.3. The second-order valence-electron chi connectivity index (χ2n) is 7.59. The van der Waals surface area contributed by atoms with Crippen LogP contribution in [0.15, 0.2) is 48.5 Å². The van der Waals surface area contributed by atoms with E-state index in [1.165, 1.54) is 16.7 Å². The molecule has 1 N–H and O–H groups in total. The predicted octanol–water partition coefficient (Wildman–Crippen LogP) is 3.60. The van der Waals surface area contributed by atoms with Crippen molar-refractivity contribution < 1.29 is 23.8 Å². The van der Waals surface area contributed by atoms with E-state index in [4.69, 9.17) is 14.2 Å². The molecule has 0 saturated heterocycles. The quantitative estimate of drug-likeness (QED) is 0.376. The Morgan fingerprint density at radius 2 is 1.71 bits per heavy atom. The molecule has 1 aliphatic carbocycles. The molecule has 0 fully saturated rings. The van der Waals surface area contributed by atoms with E-state index in [9.17, 15) is 9.59 Å². The van der Waals surface area contributed by atoms with Gasteiger partial charge in [0.15, 0.2) is 0 Å². The van der Waals surface area contributed by atoms with Crippen LogP contribution in [-0.2, 0) is 38.4 Å².